The lowest BCUT2D eigenvalue weighted by Gasteiger charge is -2.17. The molecule has 23 heavy (non-hydrogen) atoms. The predicted molar refractivity (Wildman–Crippen MR) is 88.8 cm³/mol. The van der Waals surface area contributed by atoms with E-state index in [0.29, 0.717) is 29.7 Å². The molecule has 0 radical (unpaired) electrons. The molecule has 0 saturated carbocycles. The zero-order valence-corrected chi connectivity index (χ0v) is 13.9. The normalized spacial score (nSPS) is 14.8. The number of halogens is 1. The third-order valence-corrected chi connectivity index (χ3v) is 4.08. The lowest BCUT2D eigenvalue weighted by Crippen LogP contribution is -2.23. The molecule has 1 aromatic heterocycles. The number of rotatable bonds is 5. The van der Waals surface area contributed by atoms with E-state index >= 15 is 0 Å². The van der Waals surface area contributed by atoms with E-state index in [1.54, 1.807) is 11.0 Å². The summed E-state index contributed by atoms with van der Waals surface area (Å²) in [5.74, 6) is 1.54. The summed E-state index contributed by atoms with van der Waals surface area (Å²) >= 11 is 6.23. The molecule has 7 heteroatoms. The van der Waals surface area contributed by atoms with Gasteiger partial charge in [-0.25, -0.2) is 0 Å². The van der Waals surface area contributed by atoms with Gasteiger partial charge in [-0.1, -0.05) is 30.6 Å². The monoisotopic (exact) mass is 334 g/mol. The molecule has 0 aliphatic carbocycles. The van der Waals surface area contributed by atoms with E-state index in [0.717, 1.165) is 24.3 Å². The zero-order chi connectivity index (χ0) is 16.4. The van der Waals surface area contributed by atoms with Crippen molar-refractivity contribution in [2.75, 3.05) is 16.8 Å². The summed E-state index contributed by atoms with van der Waals surface area (Å²) < 4.78 is 5.18. The molecule has 1 amide bonds. The third kappa shape index (κ3) is 3.47. The fourth-order valence-electron chi connectivity index (χ4n) is 2.49. The number of carbonyl (C=O) groups is 1. The minimum Gasteiger partial charge on any atom is -0.376 e. The van der Waals surface area contributed by atoms with E-state index in [2.05, 4.69) is 15.5 Å². The van der Waals surface area contributed by atoms with Crippen LogP contribution in [0.15, 0.2) is 22.7 Å². The molecule has 2 aromatic rings. The Morgan fingerprint density at radius 2 is 2.26 bits per heavy atom. The Balaban J connectivity index is 1.72. The molecule has 1 aliphatic rings. The van der Waals surface area contributed by atoms with Gasteiger partial charge in [-0.15, -0.1) is 0 Å². The standard InChI is InChI=1S/C16H19ClN4O2/c1-10(2)16-19-14(20-23-16)9-18-13-8-11(5-6-12(13)17)21-7-3-4-15(21)22/h5-6,8,10,18H,3-4,7,9H2,1-2H3. The fourth-order valence-corrected chi connectivity index (χ4v) is 2.67. The van der Waals surface area contributed by atoms with Crippen molar-refractivity contribution >= 4 is 28.9 Å². The van der Waals surface area contributed by atoms with Crippen LogP contribution < -0.4 is 10.2 Å². The summed E-state index contributed by atoms with van der Waals surface area (Å²) in [7, 11) is 0. The van der Waals surface area contributed by atoms with Crippen molar-refractivity contribution in [3.05, 3.63) is 34.9 Å². The summed E-state index contributed by atoms with van der Waals surface area (Å²) in [5, 5.41) is 7.73. The molecular formula is C16H19ClN4O2. The smallest absolute Gasteiger partial charge is 0.229 e. The van der Waals surface area contributed by atoms with E-state index in [1.165, 1.54) is 0 Å². The van der Waals surface area contributed by atoms with Crippen molar-refractivity contribution in [3.8, 4) is 0 Å². The number of nitrogens with one attached hydrogen (secondary N) is 1. The number of benzene rings is 1. The van der Waals surface area contributed by atoms with Gasteiger partial charge in [-0.05, 0) is 24.6 Å². The van der Waals surface area contributed by atoms with Gasteiger partial charge in [0, 0.05) is 24.6 Å². The first kappa shape index (κ1) is 15.8. The van der Waals surface area contributed by atoms with E-state index in [9.17, 15) is 4.79 Å². The maximum absolute atomic E-state index is 11.9. The van der Waals surface area contributed by atoms with Gasteiger partial charge in [0.05, 0.1) is 17.3 Å². The van der Waals surface area contributed by atoms with Crippen molar-refractivity contribution in [3.63, 3.8) is 0 Å². The highest BCUT2D eigenvalue weighted by molar-refractivity contribution is 6.33. The van der Waals surface area contributed by atoms with Crippen LogP contribution in [0.2, 0.25) is 5.02 Å². The zero-order valence-electron chi connectivity index (χ0n) is 13.2. The van der Waals surface area contributed by atoms with Crippen LogP contribution in [-0.2, 0) is 11.3 Å². The molecule has 2 heterocycles. The van der Waals surface area contributed by atoms with Crippen LogP contribution in [0.3, 0.4) is 0 Å². The number of hydrogen-bond acceptors (Lipinski definition) is 5. The molecule has 1 N–H and O–H groups in total. The van der Waals surface area contributed by atoms with Gasteiger partial charge < -0.3 is 14.7 Å². The number of hydrogen-bond donors (Lipinski definition) is 1. The number of aromatic nitrogens is 2. The quantitative estimate of drug-likeness (QED) is 0.904. The second kappa shape index (κ2) is 6.58. The van der Waals surface area contributed by atoms with Gasteiger partial charge in [-0.3, -0.25) is 4.79 Å². The molecule has 0 atom stereocenters. The Bertz CT molecular complexity index is 714. The van der Waals surface area contributed by atoms with E-state index in [-0.39, 0.29) is 11.8 Å². The highest BCUT2D eigenvalue weighted by Crippen LogP contribution is 2.30. The van der Waals surface area contributed by atoms with E-state index < -0.39 is 0 Å². The maximum Gasteiger partial charge on any atom is 0.229 e. The van der Waals surface area contributed by atoms with Crippen molar-refractivity contribution in [2.45, 2.75) is 39.2 Å². The number of anilines is 2. The molecule has 6 nitrogen and oxygen atoms in total. The SMILES string of the molecule is CC(C)c1nc(CNc2cc(N3CCCC3=O)ccc2Cl)no1. The van der Waals surface area contributed by atoms with Gasteiger partial charge in [0.15, 0.2) is 5.82 Å². The molecule has 3 rings (SSSR count). The second-order valence-electron chi connectivity index (χ2n) is 5.87. The van der Waals surface area contributed by atoms with Crippen molar-refractivity contribution in [1.82, 2.24) is 10.1 Å². The van der Waals surface area contributed by atoms with Gasteiger partial charge in [0.1, 0.15) is 0 Å². The third-order valence-electron chi connectivity index (χ3n) is 3.75. The molecule has 122 valence electrons. The minimum absolute atomic E-state index is 0.151. The molecule has 1 aliphatic heterocycles. The molecule has 0 spiro atoms. The summed E-state index contributed by atoms with van der Waals surface area (Å²) in [6.45, 7) is 5.16. The first-order valence-corrected chi connectivity index (χ1v) is 8.08. The van der Waals surface area contributed by atoms with Crippen LogP contribution >= 0.6 is 11.6 Å². The summed E-state index contributed by atoms with van der Waals surface area (Å²) in [5.41, 5.74) is 1.61. The Morgan fingerprint density at radius 1 is 1.43 bits per heavy atom. The van der Waals surface area contributed by atoms with Crippen LogP contribution in [0.1, 0.15) is 44.3 Å². The largest absolute Gasteiger partial charge is 0.376 e. The molecule has 1 fully saturated rings. The topological polar surface area (TPSA) is 71.3 Å². The predicted octanol–water partition coefficient (Wildman–Crippen LogP) is 3.59. The van der Waals surface area contributed by atoms with Crippen LogP contribution in [0.5, 0.6) is 0 Å². The lowest BCUT2D eigenvalue weighted by molar-refractivity contribution is -0.117. The average molecular weight is 335 g/mol. The average Bonchev–Trinajstić information content (AvgIpc) is 3.15. The number of nitrogens with zero attached hydrogens (tertiary/aromatic N) is 3. The molecule has 0 bridgehead atoms. The van der Waals surface area contributed by atoms with Crippen molar-refractivity contribution in [2.24, 2.45) is 0 Å². The summed E-state index contributed by atoms with van der Waals surface area (Å²) in [4.78, 5) is 18.0. The first-order chi connectivity index (χ1) is 11.0. The summed E-state index contributed by atoms with van der Waals surface area (Å²) in [6, 6.07) is 5.54. The molecular weight excluding hydrogens is 316 g/mol. The Kier molecular flexibility index (Phi) is 4.52. The van der Waals surface area contributed by atoms with Gasteiger partial charge >= 0.3 is 0 Å². The van der Waals surface area contributed by atoms with Crippen molar-refractivity contribution < 1.29 is 9.32 Å². The summed E-state index contributed by atoms with van der Waals surface area (Å²) in [6.07, 6.45) is 1.50. The minimum atomic E-state index is 0.151. The maximum atomic E-state index is 11.9. The molecule has 1 saturated heterocycles. The fraction of sp³-hybridized carbons (Fsp3) is 0.438. The van der Waals surface area contributed by atoms with Crippen LogP contribution in [0, 0.1) is 0 Å². The van der Waals surface area contributed by atoms with Gasteiger partial charge in [-0.2, -0.15) is 4.98 Å². The van der Waals surface area contributed by atoms with Gasteiger partial charge in [0.25, 0.3) is 0 Å². The number of amides is 1. The van der Waals surface area contributed by atoms with Gasteiger partial charge in [0.2, 0.25) is 11.8 Å². The highest BCUT2D eigenvalue weighted by Gasteiger charge is 2.22. The second-order valence-corrected chi connectivity index (χ2v) is 6.28. The Morgan fingerprint density at radius 3 is 2.91 bits per heavy atom. The Labute approximate surface area is 139 Å². The van der Waals surface area contributed by atoms with E-state index in [1.807, 2.05) is 26.0 Å². The van der Waals surface area contributed by atoms with Crippen molar-refractivity contribution in [1.29, 1.82) is 0 Å². The highest BCUT2D eigenvalue weighted by atomic mass is 35.5. The molecule has 0 unspecified atom stereocenters. The Hall–Kier alpha value is -2.08. The first-order valence-electron chi connectivity index (χ1n) is 7.71. The van der Waals surface area contributed by atoms with Crippen LogP contribution in [0.4, 0.5) is 11.4 Å². The number of carbonyl (C=O) groups excluding carboxylic acids is 1. The lowest BCUT2D eigenvalue weighted by atomic mass is 10.2. The van der Waals surface area contributed by atoms with Crippen LogP contribution in [-0.4, -0.2) is 22.6 Å². The van der Waals surface area contributed by atoms with Crippen LogP contribution in [0.25, 0.3) is 0 Å². The van der Waals surface area contributed by atoms with E-state index in [4.69, 9.17) is 16.1 Å². The molecule has 1 aromatic carbocycles.